The fourth-order valence-corrected chi connectivity index (χ4v) is 2.92. The number of H-pyrrole nitrogens is 1. The van der Waals surface area contributed by atoms with Crippen molar-refractivity contribution in [2.45, 2.75) is 32.7 Å². The van der Waals surface area contributed by atoms with Gasteiger partial charge in [-0.2, -0.15) is 5.10 Å². The molecular weight excluding hydrogens is 234 g/mol. The summed E-state index contributed by atoms with van der Waals surface area (Å²) in [5, 5.41) is 7.48. The molecule has 1 atom stereocenters. The number of nitrogens with one attached hydrogen (secondary N) is 1. The molecule has 0 radical (unpaired) electrons. The molecule has 0 saturated carbocycles. The second-order valence-corrected chi connectivity index (χ2v) is 5.57. The molecule has 0 bridgehead atoms. The van der Waals surface area contributed by atoms with Crippen molar-refractivity contribution in [2.75, 3.05) is 13.1 Å². The Bertz CT molecular complexity index is 544. The van der Waals surface area contributed by atoms with E-state index in [1.807, 2.05) is 0 Å². The summed E-state index contributed by atoms with van der Waals surface area (Å²) >= 11 is 0. The molecule has 1 N–H and O–H groups in total. The van der Waals surface area contributed by atoms with Crippen LogP contribution in [0.1, 0.15) is 35.4 Å². The predicted octanol–water partition coefficient (Wildman–Crippen LogP) is 2.88. The maximum absolute atomic E-state index is 4.38. The van der Waals surface area contributed by atoms with Crippen LogP contribution >= 0.6 is 0 Å². The van der Waals surface area contributed by atoms with E-state index in [-0.39, 0.29) is 0 Å². The topological polar surface area (TPSA) is 31.9 Å². The maximum Gasteiger partial charge on any atom is 0.0682 e. The van der Waals surface area contributed by atoms with Crippen molar-refractivity contribution >= 4 is 0 Å². The van der Waals surface area contributed by atoms with Crippen LogP contribution in [0.25, 0.3) is 0 Å². The van der Waals surface area contributed by atoms with Gasteiger partial charge in [-0.3, -0.25) is 10.00 Å². The lowest BCUT2D eigenvalue weighted by atomic mass is 9.98. The van der Waals surface area contributed by atoms with Crippen molar-refractivity contribution in [3.8, 4) is 0 Å². The summed E-state index contributed by atoms with van der Waals surface area (Å²) in [5.41, 5.74) is 5.33. The molecule has 1 aromatic heterocycles. The molecule has 0 aliphatic carbocycles. The van der Waals surface area contributed by atoms with Crippen molar-refractivity contribution in [2.24, 2.45) is 0 Å². The van der Waals surface area contributed by atoms with Crippen LogP contribution in [0.4, 0.5) is 0 Å². The zero-order valence-corrected chi connectivity index (χ0v) is 11.7. The standard InChI is InChI=1S/C16H21N3/c1-12(14-6-4-3-5-7-14)10-19-9-8-16-15(11-19)13(2)17-18-16/h3-7,12H,8-11H2,1-2H3,(H,17,18)/t12-/m0/s1. The Morgan fingerprint density at radius 2 is 2.11 bits per heavy atom. The molecule has 19 heavy (non-hydrogen) atoms. The molecule has 1 aliphatic heterocycles. The molecule has 3 rings (SSSR count). The van der Waals surface area contributed by atoms with E-state index in [0.717, 1.165) is 26.1 Å². The monoisotopic (exact) mass is 255 g/mol. The van der Waals surface area contributed by atoms with Gasteiger partial charge in [-0.1, -0.05) is 37.3 Å². The van der Waals surface area contributed by atoms with Crippen molar-refractivity contribution < 1.29 is 0 Å². The Kier molecular flexibility index (Phi) is 3.38. The van der Waals surface area contributed by atoms with Gasteiger partial charge in [0.2, 0.25) is 0 Å². The molecular formula is C16H21N3. The van der Waals surface area contributed by atoms with Crippen molar-refractivity contribution in [3.05, 3.63) is 52.8 Å². The summed E-state index contributed by atoms with van der Waals surface area (Å²) in [5.74, 6) is 0.579. The van der Waals surface area contributed by atoms with Crippen molar-refractivity contribution in [3.63, 3.8) is 0 Å². The maximum atomic E-state index is 4.38. The number of rotatable bonds is 3. The average molecular weight is 255 g/mol. The molecule has 0 unspecified atom stereocenters. The van der Waals surface area contributed by atoms with Gasteiger partial charge in [0, 0.05) is 37.3 Å². The van der Waals surface area contributed by atoms with E-state index in [2.05, 4.69) is 59.3 Å². The van der Waals surface area contributed by atoms with E-state index >= 15 is 0 Å². The molecule has 2 aromatic rings. The van der Waals surface area contributed by atoms with Crippen molar-refractivity contribution in [1.29, 1.82) is 0 Å². The third kappa shape index (κ3) is 2.56. The van der Waals surface area contributed by atoms with Gasteiger partial charge >= 0.3 is 0 Å². The Morgan fingerprint density at radius 1 is 1.32 bits per heavy atom. The average Bonchev–Trinajstić information content (AvgIpc) is 2.81. The number of aryl methyl sites for hydroxylation is 1. The molecule has 0 saturated heterocycles. The summed E-state index contributed by atoms with van der Waals surface area (Å²) < 4.78 is 0. The van der Waals surface area contributed by atoms with Gasteiger partial charge in [0.15, 0.2) is 0 Å². The number of hydrogen-bond donors (Lipinski definition) is 1. The number of benzene rings is 1. The van der Waals surface area contributed by atoms with E-state index in [4.69, 9.17) is 0 Å². The Labute approximate surface area is 114 Å². The minimum atomic E-state index is 0.579. The summed E-state index contributed by atoms with van der Waals surface area (Å²) in [6.45, 7) is 7.71. The van der Waals surface area contributed by atoms with Crippen LogP contribution in [0.5, 0.6) is 0 Å². The lowest BCUT2D eigenvalue weighted by Gasteiger charge is -2.29. The number of hydrogen-bond acceptors (Lipinski definition) is 2. The number of aromatic nitrogens is 2. The predicted molar refractivity (Wildman–Crippen MR) is 77.2 cm³/mol. The number of nitrogens with zero attached hydrogens (tertiary/aromatic N) is 2. The van der Waals surface area contributed by atoms with Crippen LogP contribution in [-0.2, 0) is 13.0 Å². The van der Waals surface area contributed by atoms with Gasteiger partial charge in [-0.15, -0.1) is 0 Å². The number of aromatic amines is 1. The third-order valence-electron chi connectivity index (χ3n) is 4.11. The zero-order chi connectivity index (χ0) is 13.2. The summed E-state index contributed by atoms with van der Waals surface area (Å²) in [4.78, 5) is 2.54. The largest absolute Gasteiger partial charge is 0.298 e. The molecule has 0 spiro atoms. The lowest BCUT2D eigenvalue weighted by molar-refractivity contribution is 0.240. The second-order valence-electron chi connectivity index (χ2n) is 5.57. The second kappa shape index (κ2) is 5.17. The molecule has 1 aliphatic rings. The fourth-order valence-electron chi connectivity index (χ4n) is 2.92. The van der Waals surface area contributed by atoms with Crippen molar-refractivity contribution in [1.82, 2.24) is 15.1 Å². The lowest BCUT2D eigenvalue weighted by Crippen LogP contribution is -2.33. The highest BCUT2D eigenvalue weighted by molar-refractivity contribution is 5.27. The summed E-state index contributed by atoms with van der Waals surface area (Å²) in [6, 6.07) is 10.8. The highest BCUT2D eigenvalue weighted by atomic mass is 15.2. The van der Waals surface area contributed by atoms with Gasteiger partial charge < -0.3 is 0 Å². The molecule has 0 amide bonds. The van der Waals surface area contributed by atoms with E-state index in [1.165, 1.54) is 22.5 Å². The van der Waals surface area contributed by atoms with E-state index in [0.29, 0.717) is 5.92 Å². The molecule has 3 nitrogen and oxygen atoms in total. The summed E-state index contributed by atoms with van der Waals surface area (Å²) in [7, 11) is 0. The zero-order valence-electron chi connectivity index (χ0n) is 11.7. The van der Waals surface area contributed by atoms with Crippen LogP contribution in [0.2, 0.25) is 0 Å². The van der Waals surface area contributed by atoms with Gasteiger partial charge in [0.25, 0.3) is 0 Å². The highest BCUT2D eigenvalue weighted by Crippen LogP contribution is 2.23. The molecule has 1 aromatic carbocycles. The minimum Gasteiger partial charge on any atom is -0.298 e. The van der Waals surface area contributed by atoms with Crippen LogP contribution in [-0.4, -0.2) is 28.2 Å². The molecule has 2 heterocycles. The van der Waals surface area contributed by atoms with Gasteiger partial charge in [0.1, 0.15) is 0 Å². The first-order valence-corrected chi connectivity index (χ1v) is 7.04. The first-order chi connectivity index (χ1) is 9.24. The molecule has 100 valence electrons. The quantitative estimate of drug-likeness (QED) is 0.914. The van der Waals surface area contributed by atoms with Gasteiger partial charge in [-0.25, -0.2) is 0 Å². The molecule has 3 heteroatoms. The third-order valence-corrected chi connectivity index (χ3v) is 4.11. The van der Waals surface area contributed by atoms with Crippen LogP contribution < -0.4 is 0 Å². The van der Waals surface area contributed by atoms with E-state index in [1.54, 1.807) is 0 Å². The van der Waals surface area contributed by atoms with Gasteiger partial charge in [-0.05, 0) is 18.4 Å². The Morgan fingerprint density at radius 3 is 2.89 bits per heavy atom. The first kappa shape index (κ1) is 12.4. The van der Waals surface area contributed by atoms with Gasteiger partial charge in [0.05, 0.1) is 5.69 Å². The highest BCUT2D eigenvalue weighted by Gasteiger charge is 2.21. The van der Waals surface area contributed by atoms with Crippen LogP contribution in [0.15, 0.2) is 30.3 Å². The fraction of sp³-hybridized carbons (Fsp3) is 0.438. The normalized spacial score (nSPS) is 17.2. The van der Waals surface area contributed by atoms with E-state index < -0.39 is 0 Å². The minimum absolute atomic E-state index is 0.579. The Balaban J connectivity index is 1.68. The van der Waals surface area contributed by atoms with E-state index in [9.17, 15) is 0 Å². The smallest absolute Gasteiger partial charge is 0.0682 e. The summed E-state index contributed by atoms with van der Waals surface area (Å²) in [6.07, 6.45) is 1.07. The SMILES string of the molecule is Cc1[nH]nc2c1CN(C[C@H](C)c1ccccc1)CC2. The molecule has 0 fully saturated rings. The van der Waals surface area contributed by atoms with Crippen LogP contribution in [0.3, 0.4) is 0 Å². The Hall–Kier alpha value is -1.61. The number of fused-ring (bicyclic) bond motifs is 1. The van der Waals surface area contributed by atoms with Crippen LogP contribution in [0, 0.1) is 6.92 Å². The first-order valence-electron chi connectivity index (χ1n) is 7.04.